The van der Waals surface area contributed by atoms with E-state index in [2.05, 4.69) is 5.32 Å². The van der Waals surface area contributed by atoms with Crippen LogP contribution in [0.5, 0.6) is 0 Å². The first kappa shape index (κ1) is 13.1. The van der Waals surface area contributed by atoms with Gasteiger partial charge in [-0.1, -0.05) is 30.3 Å². The van der Waals surface area contributed by atoms with Crippen molar-refractivity contribution in [1.29, 1.82) is 0 Å². The van der Waals surface area contributed by atoms with Crippen LogP contribution in [0.2, 0.25) is 0 Å². The summed E-state index contributed by atoms with van der Waals surface area (Å²) >= 11 is 0. The van der Waals surface area contributed by atoms with Crippen LogP contribution < -0.4 is 11.1 Å². The Morgan fingerprint density at radius 2 is 1.80 bits per heavy atom. The quantitative estimate of drug-likeness (QED) is 0.880. The van der Waals surface area contributed by atoms with Gasteiger partial charge in [0.1, 0.15) is 5.54 Å². The van der Waals surface area contributed by atoms with Crippen LogP contribution in [0.1, 0.15) is 12.8 Å². The van der Waals surface area contributed by atoms with Crippen LogP contribution in [0, 0.1) is 0 Å². The fraction of sp³-hybridized carbons (Fsp3) is 0.312. The van der Waals surface area contributed by atoms with Crippen molar-refractivity contribution in [1.82, 2.24) is 0 Å². The molecule has 2 aromatic carbocycles. The molecule has 0 bridgehead atoms. The molecule has 3 rings (SSSR count). The van der Waals surface area contributed by atoms with E-state index in [1.807, 2.05) is 42.5 Å². The number of benzene rings is 2. The standard InChI is InChI=1S/C16H18N2O2/c17-16(7-9-20-10-8-16)15(19)18-14-6-5-12-3-1-2-4-13(12)11-14/h1-6,11H,7-10,17H2,(H,18,19). The molecule has 1 amide bonds. The average molecular weight is 270 g/mol. The summed E-state index contributed by atoms with van der Waals surface area (Å²) in [5.74, 6) is -0.129. The first-order valence-electron chi connectivity index (χ1n) is 6.84. The number of nitrogens with one attached hydrogen (secondary N) is 1. The van der Waals surface area contributed by atoms with Gasteiger partial charge in [0, 0.05) is 18.9 Å². The zero-order chi connectivity index (χ0) is 14.0. The molecule has 0 saturated carbocycles. The van der Waals surface area contributed by atoms with Gasteiger partial charge < -0.3 is 15.8 Å². The lowest BCUT2D eigenvalue weighted by atomic mass is 9.90. The summed E-state index contributed by atoms with van der Waals surface area (Å²) < 4.78 is 5.26. The van der Waals surface area contributed by atoms with Gasteiger partial charge in [-0.25, -0.2) is 0 Å². The maximum absolute atomic E-state index is 12.3. The Labute approximate surface area is 117 Å². The summed E-state index contributed by atoms with van der Waals surface area (Å²) in [4.78, 5) is 12.3. The van der Waals surface area contributed by atoms with E-state index >= 15 is 0 Å². The van der Waals surface area contributed by atoms with Crippen LogP contribution >= 0.6 is 0 Å². The minimum atomic E-state index is -0.816. The zero-order valence-corrected chi connectivity index (χ0v) is 11.3. The molecule has 4 nitrogen and oxygen atoms in total. The van der Waals surface area contributed by atoms with Crippen molar-refractivity contribution in [2.75, 3.05) is 18.5 Å². The highest BCUT2D eigenvalue weighted by Gasteiger charge is 2.35. The Hall–Kier alpha value is -1.91. The second-order valence-corrected chi connectivity index (χ2v) is 5.28. The molecular formula is C16H18N2O2. The number of fused-ring (bicyclic) bond motifs is 1. The molecule has 1 aliphatic heterocycles. The number of carbonyl (C=O) groups is 1. The molecule has 0 aromatic heterocycles. The maximum Gasteiger partial charge on any atom is 0.244 e. The third-order valence-electron chi connectivity index (χ3n) is 3.84. The second kappa shape index (κ2) is 5.23. The number of hydrogen-bond donors (Lipinski definition) is 2. The highest BCUT2D eigenvalue weighted by atomic mass is 16.5. The molecule has 104 valence electrons. The molecule has 1 heterocycles. The van der Waals surface area contributed by atoms with Gasteiger partial charge in [0.05, 0.1) is 0 Å². The molecule has 3 N–H and O–H groups in total. The van der Waals surface area contributed by atoms with E-state index in [0.717, 1.165) is 16.5 Å². The zero-order valence-electron chi connectivity index (χ0n) is 11.3. The third-order valence-corrected chi connectivity index (χ3v) is 3.84. The van der Waals surface area contributed by atoms with Gasteiger partial charge in [-0.2, -0.15) is 0 Å². The molecule has 4 heteroatoms. The Morgan fingerprint density at radius 3 is 2.55 bits per heavy atom. The molecule has 0 spiro atoms. The minimum Gasteiger partial charge on any atom is -0.381 e. The lowest BCUT2D eigenvalue weighted by Crippen LogP contribution is -2.54. The van der Waals surface area contributed by atoms with Crippen molar-refractivity contribution < 1.29 is 9.53 Å². The van der Waals surface area contributed by atoms with Gasteiger partial charge in [-0.05, 0) is 35.7 Å². The Morgan fingerprint density at radius 1 is 1.10 bits per heavy atom. The van der Waals surface area contributed by atoms with Crippen molar-refractivity contribution in [3.8, 4) is 0 Å². The molecule has 0 aliphatic carbocycles. The number of anilines is 1. The highest BCUT2D eigenvalue weighted by Crippen LogP contribution is 2.22. The van der Waals surface area contributed by atoms with Crippen LogP contribution in [-0.4, -0.2) is 24.7 Å². The summed E-state index contributed by atoms with van der Waals surface area (Å²) in [5, 5.41) is 5.18. The molecule has 0 unspecified atom stereocenters. The first-order valence-corrected chi connectivity index (χ1v) is 6.84. The van der Waals surface area contributed by atoms with Gasteiger partial charge in [0.2, 0.25) is 5.91 Å². The van der Waals surface area contributed by atoms with Crippen molar-refractivity contribution in [2.45, 2.75) is 18.4 Å². The molecule has 1 fully saturated rings. The fourth-order valence-corrected chi connectivity index (χ4v) is 2.49. The van der Waals surface area contributed by atoms with Crippen LogP contribution in [0.3, 0.4) is 0 Å². The van der Waals surface area contributed by atoms with E-state index in [-0.39, 0.29) is 5.91 Å². The lowest BCUT2D eigenvalue weighted by Gasteiger charge is -2.31. The van der Waals surface area contributed by atoms with E-state index in [1.54, 1.807) is 0 Å². The number of carbonyl (C=O) groups excluding carboxylic acids is 1. The summed E-state index contributed by atoms with van der Waals surface area (Å²) in [6.07, 6.45) is 1.12. The average Bonchev–Trinajstić information content (AvgIpc) is 2.48. The second-order valence-electron chi connectivity index (χ2n) is 5.28. The normalized spacial score (nSPS) is 17.9. The Balaban J connectivity index is 1.80. The monoisotopic (exact) mass is 270 g/mol. The molecule has 1 saturated heterocycles. The third kappa shape index (κ3) is 2.53. The smallest absolute Gasteiger partial charge is 0.244 e. The van der Waals surface area contributed by atoms with E-state index in [4.69, 9.17) is 10.5 Å². The predicted molar refractivity (Wildman–Crippen MR) is 79.5 cm³/mol. The lowest BCUT2D eigenvalue weighted by molar-refractivity contribution is -0.124. The van der Waals surface area contributed by atoms with E-state index in [0.29, 0.717) is 26.1 Å². The Bertz CT molecular complexity index is 633. The highest BCUT2D eigenvalue weighted by molar-refractivity contribution is 5.99. The van der Waals surface area contributed by atoms with Gasteiger partial charge in [-0.15, -0.1) is 0 Å². The number of ether oxygens (including phenoxy) is 1. The van der Waals surface area contributed by atoms with Crippen LogP contribution in [0.15, 0.2) is 42.5 Å². The molecular weight excluding hydrogens is 252 g/mol. The van der Waals surface area contributed by atoms with Gasteiger partial charge in [0.25, 0.3) is 0 Å². The van der Waals surface area contributed by atoms with Gasteiger partial charge in [-0.3, -0.25) is 4.79 Å². The van der Waals surface area contributed by atoms with E-state index < -0.39 is 5.54 Å². The molecule has 20 heavy (non-hydrogen) atoms. The van der Waals surface area contributed by atoms with Gasteiger partial charge >= 0.3 is 0 Å². The Kier molecular flexibility index (Phi) is 3.42. The van der Waals surface area contributed by atoms with Crippen LogP contribution in [-0.2, 0) is 9.53 Å². The molecule has 1 aliphatic rings. The maximum atomic E-state index is 12.3. The fourth-order valence-electron chi connectivity index (χ4n) is 2.49. The summed E-state index contributed by atoms with van der Waals surface area (Å²) in [6.45, 7) is 1.09. The number of rotatable bonds is 2. The number of nitrogens with two attached hydrogens (primary N) is 1. The molecule has 2 aromatic rings. The van der Waals surface area contributed by atoms with Gasteiger partial charge in [0.15, 0.2) is 0 Å². The van der Waals surface area contributed by atoms with Crippen molar-refractivity contribution in [2.24, 2.45) is 5.73 Å². The van der Waals surface area contributed by atoms with E-state index in [1.165, 1.54) is 0 Å². The molecule has 0 atom stereocenters. The predicted octanol–water partition coefficient (Wildman–Crippen LogP) is 2.29. The summed E-state index contributed by atoms with van der Waals surface area (Å²) in [6, 6.07) is 13.9. The largest absolute Gasteiger partial charge is 0.381 e. The molecule has 0 radical (unpaired) electrons. The van der Waals surface area contributed by atoms with Crippen LogP contribution in [0.25, 0.3) is 10.8 Å². The number of amides is 1. The van der Waals surface area contributed by atoms with E-state index in [9.17, 15) is 4.79 Å². The minimum absolute atomic E-state index is 0.129. The number of hydrogen-bond acceptors (Lipinski definition) is 3. The summed E-state index contributed by atoms with van der Waals surface area (Å²) in [5.41, 5.74) is 6.14. The SMILES string of the molecule is NC1(C(=O)Nc2ccc3ccccc3c2)CCOCC1. The van der Waals surface area contributed by atoms with Crippen LogP contribution in [0.4, 0.5) is 5.69 Å². The van der Waals surface area contributed by atoms with Crippen molar-refractivity contribution >= 4 is 22.4 Å². The van der Waals surface area contributed by atoms with Crippen molar-refractivity contribution in [3.63, 3.8) is 0 Å². The van der Waals surface area contributed by atoms with Crippen molar-refractivity contribution in [3.05, 3.63) is 42.5 Å². The summed E-state index contributed by atoms with van der Waals surface area (Å²) in [7, 11) is 0. The topological polar surface area (TPSA) is 64.4 Å². The first-order chi connectivity index (χ1) is 9.67.